The van der Waals surface area contributed by atoms with Crippen LogP contribution in [0, 0.1) is 13.8 Å². The molecule has 1 heterocycles. The zero-order chi connectivity index (χ0) is 20.9. The maximum atomic E-state index is 13.1. The highest BCUT2D eigenvalue weighted by Gasteiger charge is 2.30. The van der Waals surface area contributed by atoms with Crippen LogP contribution in [0.1, 0.15) is 38.1 Å². The topological polar surface area (TPSA) is 84.3 Å². The number of aromatic nitrogens is 2. The number of hydrogen-bond acceptors (Lipinski definition) is 4. The van der Waals surface area contributed by atoms with Crippen LogP contribution in [0.5, 0.6) is 0 Å². The van der Waals surface area contributed by atoms with Crippen LogP contribution in [0.3, 0.4) is 0 Å². The van der Waals surface area contributed by atoms with Gasteiger partial charge in [0.25, 0.3) is 0 Å². The summed E-state index contributed by atoms with van der Waals surface area (Å²) in [6, 6.07) is 6.83. The van der Waals surface area contributed by atoms with Gasteiger partial charge in [0, 0.05) is 23.8 Å². The molecule has 2 aromatic rings. The highest BCUT2D eigenvalue weighted by Crippen LogP contribution is 2.24. The number of amides is 1. The first-order chi connectivity index (χ1) is 13.2. The summed E-state index contributed by atoms with van der Waals surface area (Å²) in [7, 11) is -3.67. The second kappa shape index (κ2) is 9.54. The molecule has 9 heteroatoms. The van der Waals surface area contributed by atoms with Gasteiger partial charge in [-0.25, -0.2) is 8.42 Å². The van der Waals surface area contributed by atoms with Crippen LogP contribution in [0.2, 0.25) is 5.02 Å². The molecule has 7 nitrogen and oxygen atoms in total. The average molecular weight is 427 g/mol. The minimum atomic E-state index is -3.67. The molecule has 0 unspecified atom stereocenters. The van der Waals surface area contributed by atoms with E-state index in [1.165, 1.54) is 8.99 Å². The number of hydrogen-bond donors (Lipinski definition) is 1. The Kier molecular flexibility index (Phi) is 7.63. The maximum absolute atomic E-state index is 13.1. The van der Waals surface area contributed by atoms with E-state index in [1.54, 1.807) is 38.1 Å². The van der Waals surface area contributed by atoms with Gasteiger partial charge in [-0.15, -0.1) is 0 Å². The standard InChI is InChI=1S/C19H27ClN4O3S/c1-5-10-23(11-6-2)28(26,27)19-14(3)22-24(15(19)4)13-18(25)21-17-9-7-8-16(20)12-17/h7-9,12H,5-6,10-11,13H2,1-4H3,(H,21,25). The third-order valence-corrected chi connectivity index (χ3v) is 6.65. The Bertz CT molecular complexity index is 935. The Morgan fingerprint density at radius 3 is 2.43 bits per heavy atom. The number of benzene rings is 1. The fraction of sp³-hybridized carbons (Fsp3) is 0.474. The van der Waals surface area contributed by atoms with Crippen LogP contribution in [0.25, 0.3) is 0 Å². The molecule has 154 valence electrons. The van der Waals surface area contributed by atoms with Crippen molar-refractivity contribution in [2.24, 2.45) is 0 Å². The summed E-state index contributed by atoms with van der Waals surface area (Å²) in [4.78, 5) is 12.6. The molecule has 28 heavy (non-hydrogen) atoms. The molecule has 0 fully saturated rings. The highest BCUT2D eigenvalue weighted by molar-refractivity contribution is 7.89. The van der Waals surface area contributed by atoms with Gasteiger partial charge in [0.1, 0.15) is 11.4 Å². The first kappa shape index (κ1) is 22.4. The summed E-state index contributed by atoms with van der Waals surface area (Å²) < 4.78 is 29.2. The third-order valence-electron chi connectivity index (χ3n) is 4.26. The van der Waals surface area contributed by atoms with Gasteiger partial charge < -0.3 is 5.32 Å². The number of rotatable bonds is 9. The first-order valence-electron chi connectivity index (χ1n) is 9.30. The monoisotopic (exact) mass is 426 g/mol. The van der Waals surface area contributed by atoms with Gasteiger partial charge >= 0.3 is 0 Å². The summed E-state index contributed by atoms with van der Waals surface area (Å²) in [5.74, 6) is -0.309. The maximum Gasteiger partial charge on any atom is 0.246 e. The molecular weight excluding hydrogens is 400 g/mol. The van der Waals surface area contributed by atoms with Crippen molar-refractivity contribution in [3.8, 4) is 0 Å². The fourth-order valence-electron chi connectivity index (χ4n) is 3.09. The van der Waals surface area contributed by atoms with Crippen LogP contribution in [0.4, 0.5) is 5.69 Å². The van der Waals surface area contributed by atoms with Crippen molar-refractivity contribution in [1.82, 2.24) is 14.1 Å². The van der Waals surface area contributed by atoms with E-state index in [1.807, 2.05) is 13.8 Å². The van der Waals surface area contributed by atoms with E-state index in [9.17, 15) is 13.2 Å². The first-order valence-corrected chi connectivity index (χ1v) is 11.1. The van der Waals surface area contributed by atoms with Crippen molar-refractivity contribution in [2.45, 2.75) is 52.0 Å². The predicted octanol–water partition coefficient (Wildman–Crippen LogP) is 3.60. The predicted molar refractivity (Wildman–Crippen MR) is 111 cm³/mol. The summed E-state index contributed by atoms with van der Waals surface area (Å²) in [6.07, 6.45) is 1.46. The van der Waals surface area contributed by atoms with E-state index in [-0.39, 0.29) is 17.3 Å². The van der Waals surface area contributed by atoms with E-state index in [2.05, 4.69) is 10.4 Å². The van der Waals surface area contributed by atoms with Crippen molar-refractivity contribution in [1.29, 1.82) is 0 Å². The summed E-state index contributed by atoms with van der Waals surface area (Å²) in [5, 5.41) is 7.57. The summed E-state index contributed by atoms with van der Waals surface area (Å²) >= 11 is 5.93. The number of carbonyl (C=O) groups excluding carboxylic acids is 1. The molecule has 0 spiro atoms. The molecule has 0 saturated heterocycles. The summed E-state index contributed by atoms with van der Waals surface area (Å²) in [5.41, 5.74) is 1.42. The van der Waals surface area contributed by atoms with Crippen LogP contribution in [-0.2, 0) is 21.4 Å². The normalized spacial score (nSPS) is 11.8. The Morgan fingerprint density at radius 1 is 1.21 bits per heavy atom. The molecule has 1 aromatic heterocycles. The van der Waals surface area contributed by atoms with Crippen LogP contribution >= 0.6 is 11.6 Å². The number of aryl methyl sites for hydroxylation is 1. The number of nitrogens with zero attached hydrogens (tertiary/aromatic N) is 3. The van der Waals surface area contributed by atoms with Crippen molar-refractivity contribution in [3.63, 3.8) is 0 Å². The minimum Gasteiger partial charge on any atom is -0.324 e. The largest absolute Gasteiger partial charge is 0.324 e. The van der Waals surface area contributed by atoms with E-state index < -0.39 is 10.0 Å². The lowest BCUT2D eigenvalue weighted by Gasteiger charge is -2.21. The molecule has 0 aliphatic carbocycles. The van der Waals surface area contributed by atoms with Gasteiger partial charge in [0.05, 0.1) is 11.4 Å². The molecular formula is C19H27ClN4O3S. The van der Waals surface area contributed by atoms with E-state index in [0.717, 1.165) is 12.8 Å². The van der Waals surface area contributed by atoms with Crippen molar-refractivity contribution >= 4 is 33.2 Å². The molecule has 0 saturated carbocycles. The van der Waals surface area contributed by atoms with Gasteiger partial charge in [0.15, 0.2) is 0 Å². The number of halogens is 1. The lowest BCUT2D eigenvalue weighted by molar-refractivity contribution is -0.116. The zero-order valence-electron chi connectivity index (χ0n) is 16.7. The SMILES string of the molecule is CCCN(CCC)S(=O)(=O)c1c(C)nn(CC(=O)Nc2cccc(Cl)c2)c1C. The van der Waals surface area contributed by atoms with Crippen molar-refractivity contribution in [3.05, 3.63) is 40.7 Å². The quantitative estimate of drug-likeness (QED) is 0.663. The van der Waals surface area contributed by atoms with Crippen molar-refractivity contribution < 1.29 is 13.2 Å². The van der Waals surface area contributed by atoms with Gasteiger partial charge in [-0.2, -0.15) is 9.40 Å². The molecule has 0 radical (unpaired) electrons. The van der Waals surface area contributed by atoms with Gasteiger partial charge in [0.2, 0.25) is 15.9 Å². The zero-order valence-corrected chi connectivity index (χ0v) is 18.3. The second-order valence-corrected chi connectivity index (χ2v) is 8.93. The van der Waals surface area contributed by atoms with E-state index in [4.69, 9.17) is 11.6 Å². The molecule has 0 bridgehead atoms. The van der Waals surface area contributed by atoms with E-state index >= 15 is 0 Å². The number of nitrogens with one attached hydrogen (secondary N) is 1. The molecule has 1 N–H and O–H groups in total. The van der Waals surface area contributed by atoms with Crippen LogP contribution in [-0.4, -0.2) is 41.5 Å². The Morgan fingerprint density at radius 2 is 1.86 bits per heavy atom. The molecule has 0 atom stereocenters. The van der Waals surface area contributed by atoms with Gasteiger partial charge in [-0.1, -0.05) is 31.5 Å². The lowest BCUT2D eigenvalue weighted by Crippen LogP contribution is -2.33. The molecule has 2 rings (SSSR count). The van der Waals surface area contributed by atoms with Gasteiger partial charge in [-0.3, -0.25) is 9.48 Å². The second-order valence-electron chi connectivity index (χ2n) is 6.62. The smallest absolute Gasteiger partial charge is 0.246 e. The fourth-order valence-corrected chi connectivity index (χ4v) is 5.28. The summed E-state index contributed by atoms with van der Waals surface area (Å²) in [6.45, 7) is 8.04. The van der Waals surface area contributed by atoms with Crippen LogP contribution < -0.4 is 5.32 Å². The van der Waals surface area contributed by atoms with E-state index in [0.29, 0.717) is 35.2 Å². The number of carbonyl (C=O) groups is 1. The Labute approximate surface area is 171 Å². The van der Waals surface area contributed by atoms with Gasteiger partial charge in [-0.05, 0) is 44.9 Å². The molecule has 0 aliphatic rings. The third kappa shape index (κ3) is 5.12. The minimum absolute atomic E-state index is 0.0870. The number of anilines is 1. The molecule has 0 aliphatic heterocycles. The highest BCUT2D eigenvalue weighted by atomic mass is 35.5. The van der Waals surface area contributed by atoms with Crippen molar-refractivity contribution in [2.75, 3.05) is 18.4 Å². The molecule has 1 aromatic carbocycles. The Balaban J connectivity index is 2.26. The molecule has 1 amide bonds. The lowest BCUT2D eigenvalue weighted by atomic mass is 10.3. The number of sulfonamides is 1. The average Bonchev–Trinajstić information content (AvgIpc) is 2.88. The Hall–Kier alpha value is -1.90. The van der Waals surface area contributed by atoms with Crippen LogP contribution in [0.15, 0.2) is 29.2 Å².